The predicted octanol–water partition coefficient (Wildman–Crippen LogP) is 3.85. The van der Waals surface area contributed by atoms with Crippen LogP contribution in [0.25, 0.3) is 0 Å². The Kier molecular flexibility index (Phi) is 5.03. The molecule has 5 heteroatoms. The number of hydrogen-bond acceptors (Lipinski definition) is 4. The van der Waals surface area contributed by atoms with Crippen LogP contribution in [0.4, 0.5) is 4.39 Å². The molecule has 0 aliphatic carbocycles. The van der Waals surface area contributed by atoms with Crippen LogP contribution in [0.15, 0.2) is 42.5 Å². The summed E-state index contributed by atoms with van der Waals surface area (Å²) in [4.78, 5) is 26.6. The number of nitrogens with zero attached hydrogens (tertiary/aromatic N) is 1. The second-order valence-corrected chi connectivity index (χ2v) is 7.22. The molecule has 0 amide bonds. The Balaban J connectivity index is 1.38. The molecule has 4 nitrogen and oxygen atoms in total. The van der Waals surface area contributed by atoms with Gasteiger partial charge in [0.2, 0.25) is 0 Å². The number of Topliss-reactive ketones (excluding diaryl/α,β-unsaturated/α-hetero) is 2. The first-order chi connectivity index (χ1) is 13.1. The summed E-state index contributed by atoms with van der Waals surface area (Å²) in [5, 5.41) is 0. The third-order valence-corrected chi connectivity index (χ3v) is 5.46. The minimum atomic E-state index is -0.638. The number of carbonyl (C=O) groups is 2. The van der Waals surface area contributed by atoms with E-state index in [0.29, 0.717) is 18.2 Å². The number of fused-ring (bicyclic) bond motifs is 1. The van der Waals surface area contributed by atoms with E-state index in [1.807, 2.05) is 18.2 Å². The predicted molar refractivity (Wildman–Crippen MR) is 100 cm³/mol. The van der Waals surface area contributed by atoms with Crippen LogP contribution in [0.1, 0.15) is 51.5 Å². The summed E-state index contributed by atoms with van der Waals surface area (Å²) in [7, 11) is 0. The van der Waals surface area contributed by atoms with Crippen molar-refractivity contribution in [3.8, 4) is 5.75 Å². The Labute approximate surface area is 157 Å². The summed E-state index contributed by atoms with van der Waals surface area (Å²) in [6.07, 6.45) is 1.57. The third-order valence-electron chi connectivity index (χ3n) is 5.46. The van der Waals surface area contributed by atoms with Gasteiger partial charge in [-0.2, -0.15) is 0 Å². The molecule has 1 unspecified atom stereocenters. The molecule has 2 aromatic carbocycles. The zero-order valence-electron chi connectivity index (χ0n) is 15.1. The summed E-state index contributed by atoms with van der Waals surface area (Å²) in [6.45, 7) is 2.75. The Morgan fingerprint density at radius 3 is 2.85 bits per heavy atom. The Bertz CT molecular complexity index is 865. The van der Waals surface area contributed by atoms with E-state index in [9.17, 15) is 14.0 Å². The van der Waals surface area contributed by atoms with E-state index in [2.05, 4.69) is 17.0 Å². The highest BCUT2D eigenvalue weighted by Gasteiger charge is 2.26. The van der Waals surface area contributed by atoms with Gasteiger partial charge in [0, 0.05) is 25.9 Å². The molecule has 4 rings (SSSR count). The lowest BCUT2D eigenvalue weighted by molar-refractivity contribution is 0.0924. The van der Waals surface area contributed by atoms with Crippen molar-refractivity contribution < 1.29 is 18.7 Å². The van der Waals surface area contributed by atoms with Crippen LogP contribution in [0, 0.1) is 5.82 Å². The minimum Gasteiger partial charge on any atom is -0.492 e. The van der Waals surface area contributed by atoms with Gasteiger partial charge in [-0.1, -0.05) is 30.3 Å². The van der Waals surface area contributed by atoms with Gasteiger partial charge in [-0.3, -0.25) is 9.59 Å². The number of carbonyl (C=O) groups excluding carboxylic acids is 2. The maximum Gasteiger partial charge on any atom is 0.170 e. The molecule has 0 radical (unpaired) electrons. The average Bonchev–Trinajstić information content (AvgIpc) is 3.16. The molecular weight excluding hydrogens is 345 g/mol. The highest BCUT2D eigenvalue weighted by atomic mass is 19.1. The maximum absolute atomic E-state index is 14.3. The molecule has 2 aliphatic heterocycles. The summed E-state index contributed by atoms with van der Waals surface area (Å²) >= 11 is 0. The molecule has 0 bridgehead atoms. The molecule has 0 saturated carbocycles. The van der Waals surface area contributed by atoms with Crippen molar-refractivity contribution in [1.29, 1.82) is 0 Å². The zero-order chi connectivity index (χ0) is 18.8. The molecule has 2 heterocycles. The fourth-order valence-corrected chi connectivity index (χ4v) is 3.92. The number of ketones is 2. The Morgan fingerprint density at radius 1 is 1.22 bits per heavy atom. The summed E-state index contributed by atoms with van der Waals surface area (Å²) in [5.41, 5.74) is 1.58. The molecule has 1 fully saturated rings. The van der Waals surface area contributed by atoms with E-state index in [0.717, 1.165) is 25.6 Å². The van der Waals surface area contributed by atoms with Crippen LogP contribution < -0.4 is 4.74 Å². The monoisotopic (exact) mass is 367 g/mol. The quantitative estimate of drug-likeness (QED) is 0.753. The van der Waals surface area contributed by atoms with Crippen molar-refractivity contribution in [2.24, 2.45) is 0 Å². The van der Waals surface area contributed by atoms with Crippen LogP contribution in [0.2, 0.25) is 0 Å². The Morgan fingerprint density at radius 2 is 2.04 bits per heavy atom. The lowest BCUT2D eigenvalue weighted by atomic mass is 9.98. The van der Waals surface area contributed by atoms with Crippen molar-refractivity contribution in [2.75, 3.05) is 26.2 Å². The topological polar surface area (TPSA) is 46.6 Å². The fraction of sp³-hybridized carbons (Fsp3) is 0.364. The van der Waals surface area contributed by atoms with Crippen LogP contribution in [0.3, 0.4) is 0 Å². The van der Waals surface area contributed by atoms with Gasteiger partial charge < -0.3 is 9.64 Å². The van der Waals surface area contributed by atoms with Gasteiger partial charge in [-0.05, 0) is 36.6 Å². The van der Waals surface area contributed by atoms with Gasteiger partial charge in [0.1, 0.15) is 11.6 Å². The van der Waals surface area contributed by atoms with E-state index in [-0.39, 0.29) is 42.1 Å². The summed E-state index contributed by atoms with van der Waals surface area (Å²) in [5.74, 6) is -0.220. The van der Waals surface area contributed by atoms with Crippen LogP contribution in [-0.2, 0) is 0 Å². The molecule has 0 aromatic heterocycles. The van der Waals surface area contributed by atoms with E-state index in [4.69, 9.17) is 4.74 Å². The van der Waals surface area contributed by atoms with Gasteiger partial charge in [0.25, 0.3) is 0 Å². The first-order valence-electron chi connectivity index (χ1n) is 9.42. The molecular formula is C22H22FNO3. The number of ether oxygens (including phenoxy) is 1. The zero-order valence-corrected chi connectivity index (χ0v) is 15.1. The number of likely N-dealkylation sites (tertiary alicyclic amines) is 1. The van der Waals surface area contributed by atoms with Crippen LogP contribution in [0.5, 0.6) is 5.75 Å². The van der Waals surface area contributed by atoms with E-state index < -0.39 is 5.82 Å². The van der Waals surface area contributed by atoms with Crippen LogP contribution >= 0.6 is 0 Å². The lowest BCUT2D eigenvalue weighted by Crippen LogP contribution is -2.24. The number of halogens is 1. The maximum atomic E-state index is 14.3. The first-order valence-corrected chi connectivity index (χ1v) is 9.42. The normalized spacial score (nSPS) is 19.6. The van der Waals surface area contributed by atoms with Crippen molar-refractivity contribution in [3.05, 3.63) is 65.0 Å². The molecule has 2 aromatic rings. The van der Waals surface area contributed by atoms with Crippen molar-refractivity contribution >= 4 is 11.6 Å². The molecule has 1 saturated heterocycles. The standard InChI is InChI=1S/C22H22FNO3/c23-19-12-18-21(26)8-11-27-22(18)13-17(19)20(25)7-10-24-9-6-16(14-24)15-4-2-1-3-5-15/h1-5,12-13,16H,6-11,14H2. The van der Waals surface area contributed by atoms with Crippen LogP contribution in [-0.4, -0.2) is 42.7 Å². The molecule has 27 heavy (non-hydrogen) atoms. The third kappa shape index (κ3) is 3.78. The summed E-state index contributed by atoms with van der Waals surface area (Å²) < 4.78 is 19.8. The highest BCUT2D eigenvalue weighted by molar-refractivity contribution is 6.02. The average molecular weight is 367 g/mol. The van der Waals surface area contributed by atoms with Crippen molar-refractivity contribution in [3.63, 3.8) is 0 Å². The van der Waals surface area contributed by atoms with Gasteiger partial charge in [-0.25, -0.2) is 4.39 Å². The lowest BCUT2D eigenvalue weighted by Gasteiger charge is -2.18. The Hall–Kier alpha value is -2.53. The SMILES string of the molecule is O=C(CCN1CCC(c2ccccc2)C1)c1cc2c(cc1F)C(=O)CCO2. The molecule has 2 aliphatic rings. The number of rotatable bonds is 5. The van der Waals surface area contributed by atoms with E-state index in [1.54, 1.807) is 0 Å². The second-order valence-electron chi connectivity index (χ2n) is 7.22. The van der Waals surface area contributed by atoms with Crippen molar-refractivity contribution in [2.45, 2.75) is 25.2 Å². The smallest absolute Gasteiger partial charge is 0.170 e. The largest absolute Gasteiger partial charge is 0.492 e. The summed E-state index contributed by atoms with van der Waals surface area (Å²) in [6, 6.07) is 12.9. The van der Waals surface area contributed by atoms with E-state index in [1.165, 1.54) is 11.6 Å². The van der Waals surface area contributed by atoms with Crippen molar-refractivity contribution in [1.82, 2.24) is 4.90 Å². The fourth-order valence-electron chi connectivity index (χ4n) is 3.92. The highest BCUT2D eigenvalue weighted by Crippen LogP contribution is 2.29. The van der Waals surface area contributed by atoms with Gasteiger partial charge in [0.15, 0.2) is 11.6 Å². The number of benzene rings is 2. The molecule has 0 N–H and O–H groups in total. The second kappa shape index (κ2) is 7.61. The van der Waals surface area contributed by atoms with Gasteiger partial charge >= 0.3 is 0 Å². The first kappa shape index (κ1) is 17.9. The molecule has 0 spiro atoms. The molecule has 1 atom stereocenters. The van der Waals surface area contributed by atoms with Gasteiger partial charge in [-0.15, -0.1) is 0 Å². The number of hydrogen-bond donors (Lipinski definition) is 0. The van der Waals surface area contributed by atoms with Gasteiger partial charge in [0.05, 0.1) is 17.7 Å². The molecule has 140 valence electrons. The minimum absolute atomic E-state index is 0.0160. The van der Waals surface area contributed by atoms with E-state index >= 15 is 0 Å².